The molecule has 17 N–H and O–H groups in total. The van der Waals surface area contributed by atoms with Crippen molar-refractivity contribution in [1.29, 1.82) is 0 Å². The first-order chi connectivity index (χ1) is 71.3. The van der Waals surface area contributed by atoms with Crippen molar-refractivity contribution in [2.45, 2.75) is 195 Å². The highest BCUT2D eigenvalue weighted by Crippen LogP contribution is 2.47. The van der Waals surface area contributed by atoms with Gasteiger partial charge in [-0.3, -0.25) is 62.7 Å². The summed E-state index contributed by atoms with van der Waals surface area (Å²) in [7, 11) is -9.88. The summed E-state index contributed by atoms with van der Waals surface area (Å²) in [5, 5.41) is 53.5. The first kappa shape index (κ1) is 111. The second-order valence-corrected chi connectivity index (χ2v) is 37.4. The molecular weight excluding hydrogens is 1980 g/mol. The van der Waals surface area contributed by atoms with Gasteiger partial charge in [0.2, 0.25) is 17.7 Å². The lowest BCUT2D eigenvalue weighted by molar-refractivity contribution is -0.197. The topological polar surface area (TPSA) is 691 Å². The summed E-state index contributed by atoms with van der Waals surface area (Å²) in [5.74, 6) is -5.57. The van der Waals surface area contributed by atoms with Crippen molar-refractivity contribution >= 4 is 170 Å². The normalized spacial score (nSPS) is 13.3. The van der Waals surface area contributed by atoms with E-state index in [0.717, 1.165) is 89.1 Å². The number of hydroxylamine groups is 6. The molecule has 3 fully saturated rings. The Labute approximate surface area is 850 Å². The Balaban J connectivity index is 0.000000187. The van der Waals surface area contributed by atoms with E-state index in [4.69, 9.17) is 65.4 Å². The lowest BCUT2D eigenvalue weighted by Gasteiger charge is -2.16. The number of carbonyl (C=O) groups is 12. The fraction of sp³-hybridized carbons (Fsp3) is 0.394. The van der Waals surface area contributed by atoms with Gasteiger partial charge in [-0.2, -0.15) is 0 Å². The van der Waals surface area contributed by atoms with Crippen molar-refractivity contribution < 1.29 is 144 Å². The zero-order valence-corrected chi connectivity index (χ0v) is 83.7. The van der Waals surface area contributed by atoms with Gasteiger partial charge < -0.3 is 105 Å². The van der Waals surface area contributed by atoms with E-state index in [2.05, 4.69) is 56.2 Å². The van der Waals surface area contributed by atoms with Crippen molar-refractivity contribution in [3.63, 3.8) is 0 Å². The molecule has 9 heterocycles. The number of aromatic nitrogens is 9. The Kier molecular flexibility index (Phi) is 38.1. The number of nitrogens with one attached hydrogen (secondary N) is 3. The second-order valence-electron chi connectivity index (χ2n) is 35.1. The van der Waals surface area contributed by atoms with Crippen molar-refractivity contribution in [2.24, 2.45) is 0 Å². The van der Waals surface area contributed by atoms with E-state index in [1.807, 2.05) is 68.3 Å². The summed E-state index contributed by atoms with van der Waals surface area (Å²) < 4.78 is 55.6. The van der Waals surface area contributed by atoms with Crippen LogP contribution in [-0.2, 0) is 154 Å². The molecule has 12 aromatic rings. The SMILES string of the molecule is CCCCc1nc2c(N)nc3cc(CCOCCNC(=O)CCC(=O)ON4C(=O)CCC4=O)ccc3c2n1Cc1cc(O)ccc1O.CCCCc1nc2c(N)nc3cc(CCOCCNC(=O)CCC(=O)ON4C(=O)CCC4=O)ccc3c2n1Cc1cccc(O)c1OP(=O)(O)O.CCCCc1nc2c(N)nc3cc(CCOCCNC(=O)CCC(=O)ON4C(=O)CCC4=O)ccc3c2n1Cc1cccc(OP(=O)(O)O)c1O. The number of hydrogen-bond acceptors (Lipinski definition) is 35. The van der Waals surface area contributed by atoms with E-state index in [-0.39, 0.29) is 170 Å². The summed E-state index contributed by atoms with van der Waals surface area (Å²) in [6.07, 6.45) is 7.59. The molecule has 15 rings (SSSR count). The highest BCUT2D eigenvalue weighted by Gasteiger charge is 2.37. The number of benzene rings is 6. The maximum absolute atomic E-state index is 12.1. The zero-order valence-electron chi connectivity index (χ0n) is 81.9. The van der Waals surface area contributed by atoms with Crippen LogP contribution < -0.4 is 42.2 Å². The summed E-state index contributed by atoms with van der Waals surface area (Å²) in [6, 6.07) is 30.7. The molecule has 792 valence electrons. The van der Waals surface area contributed by atoms with Gasteiger partial charge in [0.1, 0.15) is 45.5 Å². The number of phosphoric ester groups is 2. The van der Waals surface area contributed by atoms with E-state index in [0.29, 0.717) is 152 Å². The van der Waals surface area contributed by atoms with Crippen molar-refractivity contribution in [3.05, 3.63) is 160 Å². The number of fused-ring (bicyclic) bond motifs is 9. The van der Waals surface area contributed by atoms with Crippen LogP contribution in [-0.4, -0.2) is 229 Å². The quantitative estimate of drug-likeness (QED) is 0.00734. The van der Waals surface area contributed by atoms with Crippen LogP contribution in [0.4, 0.5) is 17.5 Å². The van der Waals surface area contributed by atoms with Gasteiger partial charge in [-0.15, -0.1) is 15.2 Å². The molecule has 0 radical (unpaired) electrons. The van der Waals surface area contributed by atoms with Gasteiger partial charge in [0, 0.05) is 130 Å². The number of carbonyl (C=O) groups excluding carboxylic acids is 12. The van der Waals surface area contributed by atoms with Crippen LogP contribution in [0.3, 0.4) is 0 Å². The van der Waals surface area contributed by atoms with E-state index in [1.165, 1.54) is 30.3 Å². The molecule has 0 saturated carbocycles. The first-order valence-electron chi connectivity index (χ1n) is 48.4. The average molecular weight is 2100 g/mol. The standard InChI is InChI=1S/2C33H39N6O11P.C33H38N6O8/c1-2-3-7-25-37-30-31(38(25)19-21-5-4-6-24(32(21)44)50-51(45,46)47)22-9-8-20(18-23(22)36-33(30)34)14-16-48-17-15-35-26(40)10-13-29(43)49-39-27(41)11-12-28(39)42;1-2-3-7-25-37-30-31(38(25)19-21-5-4-6-24(40)32(21)50-51(45,46)47)22-9-8-20(18-23(22)36-33(30)34)14-16-48-17-15-35-26(41)10-13-29(44)49-39-27(42)11-12-28(39)43;1-2-3-4-26-37-31-32(38(26)19-21-18-22(40)6-8-25(21)41)23-7-5-20(17-24(23)36-33(31)34)13-15-46-16-14-35-27(42)9-12-30(45)47-39-28(43)10-11-29(39)44/h4-6,8-9,18,44H,2-3,7,10-17,19H2,1H3,(H2,34,36)(H,35,40)(H2,45,46,47);4-6,8-9,18,40H,2-3,7,10-17,19H2,1H3,(H2,34,36)(H,35,41)(H2,45,46,47);5-8,17-18,40-41H,2-4,9-16,19H2,1H3,(H2,34,36)(H,35,42). The van der Waals surface area contributed by atoms with Crippen molar-refractivity contribution in [3.8, 4) is 34.5 Å². The number of nitrogen functional groups attached to an aromatic ring is 3. The largest absolute Gasteiger partial charge is 0.524 e. The number of imide groups is 3. The highest BCUT2D eigenvalue weighted by atomic mass is 31.2. The summed E-state index contributed by atoms with van der Waals surface area (Å²) in [4.78, 5) is 221. The summed E-state index contributed by atoms with van der Waals surface area (Å²) in [5.41, 5.74) is 29.0. The maximum atomic E-state index is 12.1. The number of phenolic OH excluding ortho intramolecular Hbond substituents is 4. The number of pyridine rings is 3. The molecule has 0 bridgehead atoms. The fourth-order valence-corrected chi connectivity index (χ4v) is 17.4. The minimum atomic E-state index is -4.97. The molecule has 48 nitrogen and oxygen atoms in total. The number of phenols is 4. The third kappa shape index (κ3) is 29.8. The average Bonchev–Trinajstić information content (AvgIpc) is 1.61. The molecule has 50 heteroatoms. The molecular formula is C99H116N18O30P2. The number of ether oxygens (including phenoxy) is 3. The lowest BCUT2D eigenvalue weighted by Crippen LogP contribution is -2.33. The molecule has 0 atom stereocenters. The van der Waals surface area contributed by atoms with Crippen molar-refractivity contribution in [2.75, 3.05) is 76.5 Å². The van der Waals surface area contributed by atoms with E-state index >= 15 is 0 Å². The molecule has 6 aromatic carbocycles. The van der Waals surface area contributed by atoms with Crippen LogP contribution >= 0.6 is 15.6 Å². The molecule has 3 aliphatic heterocycles. The van der Waals surface area contributed by atoms with Crippen LogP contribution in [0.15, 0.2) is 109 Å². The van der Waals surface area contributed by atoms with E-state index < -0.39 is 92.3 Å². The fourth-order valence-electron chi connectivity index (χ4n) is 16.6. The highest BCUT2D eigenvalue weighted by molar-refractivity contribution is 7.47. The number of imidazole rings is 3. The second kappa shape index (κ2) is 51.3. The molecule has 0 aliphatic carbocycles. The van der Waals surface area contributed by atoms with Crippen LogP contribution in [0, 0.1) is 0 Å². The number of nitrogens with zero attached hydrogens (tertiary/aromatic N) is 12. The number of nitrogens with two attached hydrogens (primary N) is 3. The van der Waals surface area contributed by atoms with Crippen molar-refractivity contribution in [1.82, 2.24) is 74.7 Å². The smallest absolute Gasteiger partial charge is 0.508 e. The molecule has 0 unspecified atom stereocenters. The predicted molar refractivity (Wildman–Crippen MR) is 535 cm³/mol. The number of amides is 9. The van der Waals surface area contributed by atoms with Gasteiger partial charge in [-0.25, -0.2) is 53.4 Å². The number of phosphoric acid groups is 2. The van der Waals surface area contributed by atoms with Gasteiger partial charge in [-0.05, 0) is 104 Å². The summed E-state index contributed by atoms with van der Waals surface area (Å²) in [6.45, 7) is 9.12. The number of aromatic hydroxyl groups is 4. The van der Waals surface area contributed by atoms with Gasteiger partial charge in [-0.1, -0.05) is 101 Å². The third-order valence-corrected chi connectivity index (χ3v) is 24.9. The van der Waals surface area contributed by atoms with Gasteiger partial charge >= 0.3 is 33.6 Å². The van der Waals surface area contributed by atoms with Crippen LogP contribution in [0.25, 0.3) is 65.8 Å². The zero-order chi connectivity index (χ0) is 107. The molecule has 0 spiro atoms. The number of para-hydroxylation sites is 2. The molecule has 149 heavy (non-hydrogen) atoms. The molecule has 3 saturated heterocycles. The number of rotatable bonds is 49. The minimum absolute atomic E-state index is 0.00412. The van der Waals surface area contributed by atoms with Gasteiger partial charge in [0.25, 0.3) is 35.4 Å². The van der Waals surface area contributed by atoms with E-state index in [1.54, 1.807) is 24.3 Å². The minimum Gasteiger partial charge on any atom is -0.508 e. The third-order valence-electron chi connectivity index (χ3n) is 24.0. The Morgan fingerprint density at radius 1 is 0.376 bits per heavy atom. The maximum Gasteiger partial charge on any atom is 0.524 e. The Morgan fingerprint density at radius 2 is 0.711 bits per heavy atom. The number of hydrogen-bond donors (Lipinski definition) is 14. The lowest BCUT2D eigenvalue weighted by atomic mass is 10.1. The molecule has 3 aliphatic rings. The molecule has 9 amide bonds. The number of anilines is 3. The Morgan fingerprint density at radius 3 is 1.06 bits per heavy atom. The van der Waals surface area contributed by atoms with Crippen LogP contribution in [0.5, 0.6) is 34.5 Å². The number of aryl methyl sites for hydroxylation is 3. The summed E-state index contributed by atoms with van der Waals surface area (Å²) >= 11 is 0. The van der Waals surface area contributed by atoms with Gasteiger partial charge in [0.05, 0.1) is 112 Å². The van der Waals surface area contributed by atoms with Gasteiger partial charge in [0.15, 0.2) is 40.5 Å². The van der Waals surface area contributed by atoms with Crippen LogP contribution in [0.2, 0.25) is 0 Å². The molecule has 6 aromatic heterocycles. The Bertz CT molecular complexity index is 7110. The number of unbranched alkanes of at least 4 members (excludes halogenated alkanes) is 3. The van der Waals surface area contributed by atoms with Crippen LogP contribution in [0.1, 0.15) is 187 Å². The monoisotopic (exact) mass is 2100 g/mol. The van der Waals surface area contributed by atoms with E-state index in [9.17, 15) is 107 Å². The Hall–Kier alpha value is -15.4. The first-order valence-corrected chi connectivity index (χ1v) is 51.5. The predicted octanol–water partition coefficient (Wildman–Crippen LogP) is 8.63.